The van der Waals surface area contributed by atoms with E-state index in [1.807, 2.05) is 24.6 Å². The molecule has 0 aliphatic carbocycles. The summed E-state index contributed by atoms with van der Waals surface area (Å²) in [5.74, 6) is 1.40. The number of carbonyl (C=O) groups is 1. The van der Waals surface area contributed by atoms with Gasteiger partial charge in [0.1, 0.15) is 11.3 Å². The number of aromatic nitrogens is 3. The number of aryl methyl sites for hydroxylation is 2. The Morgan fingerprint density at radius 2 is 2.07 bits per heavy atom. The van der Waals surface area contributed by atoms with Crippen molar-refractivity contribution in [1.29, 1.82) is 0 Å². The third-order valence-corrected chi connectivity index (χ3v) is 4.73. The second kappa shape index (κ2) is 7.77. The fourth-order valence-corrected chi connectivity index (χ4v) is 3.14. The summed E-state index contributed by atoms with van der Waals surface area (Å²) in [6.07, 6.45) is 3.22. The number of nitrogens with zero attached hydrogens (tertiary/aromatic N) is 5. The van der Waals surface area contributed by atoms with Crippen LogP contribution in [0.5, 0.6) is 11.5 Å². The lowest BCUT2D eigenvalue weighted by molar-refractivity contribution is 0.0565. The topological polar surface area (TPSA) is 85.9 Å². The van der Waals surface area contributed by atoms with E-state index in [-0.39, 0.29) is 6.03 Å². The van der Waals surface area contributed by atoms with Crippen LogP contribution in [0, 0.1) is 13.5 Å². The van der Waals surface area contributed by atoms with Crippen molar-refractivity contribution in [3.63, 3.8) is 0 Å². The van der Waals surface area contributed by atoms with E-state index in [1.54, 1.807) is 23.4 Å². The van der Waals surface area contributed by atoms with Gasteiger partial charge in [0, 0.05) is 32.3 Å². The summed E-state index contributed by atoms with van der Waals surface area (Å²) in [6.45, 7) is 11.1. The fourth-order valence-electron chi connectivity index (χ4n) is 3.14. The standard InChI is InChI=1S/C20H20N6O3/c1-13-8-18(21-2)22-11-17(13)29-14-9-15(19-16(10-14)25(3)12-23-19)24-20(27)26-4-6-28-7-5-26/h8-12H,4-7H2,1,3H3,(H,24,27). The number of nitrogens with one attached hydrogen (secondary N) is 1. The minimum atomic E-state index is -0.198. The number of ether oxygens (including phenoxy) is 2. The maximum atomic E-state index is 12.7. The van der Waals surface area contributed by atoms with Crippen LogP contribution >= 0.6 is 0 Å². The van der Waals surface area contributed by atoms with E-state index in [0.29, 0.717) is 54.8 Å². The number of morpholine rings is 1. The molecule has 3 heterocycles. The highest BCUT2D eigenvalue weighted by atomic mass is 16.5. The van der Waals surface area contributed by atoms with Crippen molar-refractivity contribution in [1.82, 2.24) is 19.4 Å². The molecule has 1 aliphatic rings. The van der Waals surface area contributed by atoms with Gasteiger partial charge in [-0.05, 0) is 18.6 Å². The van der Waals surface area contributed by atoms with Crippen LogP contribution in [-0.4, -0.2) is 51.8 Å². The summed E-state index contributed by atoms with van der Waals surface area (Å²) >= 11 is 0. The van der Waals surface area contributed by atoms with Crippen LogP contribution in [0.4, 0.5) is 16.3 Å². The number of imidazole rings is 1. The van der Waals surface area contributed by atoms with Crippen LogP contribution in [0.3, 0.4) is 0 Å². The van der Waals surface area contributed by atoms with Crippen LogP contribution in [0.15, 0.2) is 30.7 Å². The molecule has 0 unspecified atom stereocenters. The molecular formula is C20H20N6O3. The molecule has 9 nitrogen and oxygen atoms in total. The normalized spacial score (nSPS) is 13.9. The van der Waals surface area contributed by atoms with E-state index >= 15 is 0 Å². The molecule has 148 valence electrons. The molecule has 4 rings (SSSR count). The third kappa shape index (κ3) is 3.83. The molecule has 1 aromatic carbocycles. The molecule has 9 heteroatoms. The Kier molecular flexibility index (Phi) is 5.01. The van der Waals surface area contributed by atoms with Crippen LogP contribution < -0.4 is 10.1 Å². The number of amides is 2. The van der Waals surface area contributed by atoms with Gasteiger partial charge in [-0.25, -0.2) is 9.78 Å². The highest BCUT2D eigenvalue weighted by Gasteiger charge is 2.19. The van der Waals surface area contributed by atoms with Gasteiger partial charge in [0.15, 0.2) is 11.9 Å². The van der Waals surface area contributed by atoms with E-state index in [1.165, 1.54) is 6.20 Å². The zero-order valence-electron chi connectivity index (χ0n) is 16.2. The van der Waals surface area contributed by atoms with E-state index in [9.17, 15) is 4.79 Å². The Balaban J connectivity index is 1.66. The Hall–Kier alpha value is -3.64. The maximum absolute atomic E-state index is 12.7. The summed E-state index contributed by atoms with van der Waals surface area (Å²) in [5, 5.41) is 2.95. The first-order valence-corrected chi connectivity index (χ1v) is 9.16. The van der Waals surface area contributed by atoms with Gasteiger partial charge in [-0.1, -0.05) is 6.57 Å². The minimum Gasteiger partial charge on any atom is -0.453 e. The first kappa shape index (κ1) is 18.7. The van der Waals surface area contributed by atoms with Crippen molar-refractivity contribution in [2.45, 2.75) is 6.92 Å². The lowest BCUT2D eigenvalue weighted by Crippen LogP contribution is -2.43. The van der Waals surface area contributed by atoms with Crippen molar-refractivity contribution in [3.05, 3.63) is 47.7 Å². The lowest BCUT2D eigenvalue weighted by Gasteiger charge is -2.27. The van der Waals surface area contributed by atoms with Crippen LogP contribution in [0.2, 0.25) is 0 Å². The molecule has 0 radical (unpaired) electrons. The minimum absolute atomic E-state index is 0.198. The molecule has 1 N–H and O–H groups in total. The van der Waals surface area contributed by atoms with Gasteiger partial charge < -0.3 is 29.1 Å². The zero-order valence-corrected chi connectivity index (χ0v) is 16.2. The van der Waals surface area contributed by atoms with E-state index in [4.69, 9.17) is 16.0 Å². The van der Waals surface area contributed by atoms with E-state index in [2.05, 4.69) is 20.1 Å². The number of carbonyl (C=O) groups excluding carboxylic acids is 1. The molecule has 29 heavy (non-hydrogen) atoms. The predicted molar refractivity (Wildman–Crippen MR) is 107 cm³/mol. The maximum Gasteiger partial charge on any atom is 0.322 e. The number of benzene rings is 1. The average molecular weight is 392 g/mol. The fraction of sp³-hybridized carbons (Fsp3) is 0.300. The highest BCUT2D eigenvalue weighted by Crippen LogP contribution is 2.33. The number of hydrogen-bond donors (Lipinski definition) is 1. The molecule has 0 atom stereocenters. The average Bonchev–Trinajstić information content (AvgIpc) is 3.11. The molecule has 1 saturated heterocycles. The predicted octanol–water partition coefficient (Wildman–Crippen LogP) is 3.48. The lowest BCUT2D eigenvalue weighted by atomic mass is 10.2. The first-order valence-electron chi connectivity index (χ1n) is 9.16. The van der Waals surface area contributed by atoms with Gasteiger partial charge in [0.05, 0.1) is 30.7 Å². The van der Waals surface area contributed by atoms with Gasteiger partial charge >= 0.3 is 6.03 Å². The molecule has 2 amide bonds. The second-order valence-electron chi connectivity index (χ2n) is 6.75. The third-order valence-electron chi connectivity index (χ3n) is 4.73. The number of fused-ring (bicyclic) bond motifs is 1. The van der Waals surface area contributed by atoms with Crippen molar-refractivity contribution in [2.75, 3.05) is 31.6 Å². The Labute approximate surface area is 167 Å². The zero-order chi connectivity index (χ0) is 20.4. The molecule has 1 aliphatic heterocycles. The second-order valence-corrected chi connectivity index (χ2v) is 6.75. The molecule has 3 aromatic rings. The summed E-state index contributed by atoms with van der Waals surface area (Å²) in [5.41, 5.74) is 2.87. The summed E-state index contributed by atoms with van der Waals surface area (Å²) in [4.78, 5) is 26.2. The monoisotopic (exact) mass is 392 g/mol. The van der Waals surface area contributed by atoms with Gasteiger partial charge in [-0.15, -0.1) is 4.98 Å². The largest absolute Gasteiger partial charge is 0.453 e. The number of urea groups is 1. The Morgan fingerprint density at radius 1 is 1.28 bits per heavy atom. The molecular weight excluding hydrogens is 372 g/mol. The van der Waals surface area contributed by atoms with Crippen LogP contribution in [-0.2, 0) is 11.8 Å². The number of pyridine rings is 1. The highest BCUT2D eigenvalue weighted by molar-refractivity contribution is 5.99. The number of hydrogen-bond acceptors (Lipinski definition) is 5. The molecule has 0 bridgehead atoms. The van der Waals surface area contributed by atoms with Crippen LogP contribution in [0.25, 0.3) is 15.9 Å². The van der Waals surface area contributed by atoms with Gasteiger partial charge in [-0.2, -0.15) is 0 Å². The van der Waals surface area contributed by atoms with E-state index < -0.39 is 0 Å². The van der Waals surface area contributed by atoms with Gasteiger partial charge in [0.2, 0.25) is 0 Å². The quantitative estimate of drug-likeness (QED) is 0.690. The first-order chi connectivity index (χ1) is 14.0. The molecule has 2 aromatic heterocycles. The molecule has 0 saturated carbocycles. The van der Waals surface area contributed by atoms with Crippen molar-refractivity contribution in [3.8, 4) is 11.5 Å². The SMILES string of the molecule is [C-]#[N+]c1cc(C)c(Oc2cc(NC(=O)N3CCOCC3)c3ncn(C)c3c2)cn1. The van der Waals surface area contributed by atoms with Gasteiger partial charge in [-0.3, -0.25) is 0 Å². The van der Waals surface area contributed by atoms with Gasteiger partial charge in [0.25, 0.3) is 5.82 Å². The molecule has 1 fully saturated rings. The smallest absolute Gasteiger partial charge is 0.322 e. The summed E-state index contributed by atoms with van der Waals surface area (Å²) in [7, 11) is 1.88. The Morgan fingerprint density at radius 3 is 2.79 bits per heavy atom. The van der Waals surface area contributed by atoms with Crippen molar-refractivity contribution >= 4 is 28.6 Å². The molecule has 0 spiro atoms. The number of anilines is 1. The Bertz CT molecular complexity index is 1110. The van der Waals surface area contributed by atoms with Crippen molar-refractivity contribution in [2.24, 2.45) is 7.05 Å². The summed E-state index contributed by atoms with van der Waals surface area (Å²) < 4.78 is 13.2. The summed E-state index contributed by atoms with van der Waals surface area (Å²) in [6, 6.07) is 5.08. The van der Waals surface area contributed by atoms with Crippen LogP contribution in [0.1, 0.15) is 5.56 Å². The van der Waals surface area contributed by atoms with E-state index in [0.717, 1.165) is 11.1 Å². The number of rotatable bonds is 3. The van der Waals surface area contributed by atoms with Crippen molar-refractivity contribution < 1.29 is 14.3 Å².